The minimum atomic E-state index is -4.70. The highest BCUT2D eigenvalue weighted by atomic mass is 19.4. The third-order valence-electron chi connectivity index (χ3n) is 6.24. The van der Waals surface area contributed by atoms with Crippen LogP contribution in [0.3, 0.4) is 0 Å². The number of carbonyl (C=O) groups is 1. The van der Waals surface area contributed by atoms with Crippen LogP contribution in [0.5, 0.6) is 0 Å². The summed E-state index contributed by atoms with van der Waals surface area (Å²) >= 11 is 0. The van der Waals surface area contributed by atoms with Crippen molar-refractivity contribution in [3.8, 4) is 11.3 Å². The normalized spacial score (nSPS) is 11.7. The molecule has 0 aliphatic rings. The summed E-state index contributed by atoms with van der Waals surface area (Å²) in [6, 6.07) is 15.4. The van der Waals surface area contributed by atoms with Crippen molar-refractivity contribution in [1.82, 2.24) is 24.4 Å². The van der Waals surface area contributed by atoms with Gasteiger partial charge in [0.05, 0.1) is 24.1 Å². The van der Waals surface area contributed by atoms with Crippen LogP contribution in [0.15, 0.2) is 67.0 Å². The molecule has 0 aliphatic carbocycles. The van der Waals surface area contributed by atoms with Crippen molar-refractivity contribution in [2.45, 2.75) is 33.5 Å². The average Bonchev–Trinajstić information content (AvgIpc) is 3.47. The van der Waals surface area contributed by atoms with Gasteiger partial charge >= 0.3 is 6.18 Å². The number of rotatable bonds is 5. The maximum atomic E-state index is 13.9. The molecule has 0 fully saturated rings. The number of hydrogen-bond acceptors (Lipinski definition) is 4. The van der Waals surface area contributed by atoms with Gasteiger partial charge in [-0.3, -0.25) is 9.48 Å². The third-order valence-corrected chi connectivity index (χ3v) is 6.24. The maximum absolute atomic E-state index is 13.9. The molecule has 3 heterocycles. The number of aryl methyl sites for hydroxylation is 3. The van der Waals surface area contributed by atoms with Gasteiger partial charge in [0.2, 0.25) is 0 Å². The second-order valence-corrected chi connectivity index (χ2v) is 8.93. The summed E-state index contributed by atoms with van der Waals surface area (Å²) in [7, 11) is 0. The molecule has 0 unspecified atom stereocenters. The number of benzene rings is 2. The van der Waals surface area contributed by atoms with Crippen LogP contribution < -0.4 is 5.32 Å². The Morgan fingerprint density at radius 3 is 2.49 bits per heavy atom. The standard InChI is InChI=1S/C27H23F3N6O/c1-16-8-9-19(10-18(16)3)22-11-24(27(28,29)30)36-25(33-22)12-23(34-36)26(37)32-21-13-31-35(15-21)14-20-7-5-4-6-17(20)2/h4-13,15H,14H2,1-3H3,(H,32,37). The molecule has 5 aromatic rings. The molecule has 1 amide bonds. The van der Waals surface area contributed by atoms with Crippen molar-refractivity contribution in [1.29, 1.82) is 0 Å². The minimum absolute atomic E-state index is 0.0801. The summed E-state index contributed by atoms with van der Waals surface area (Å²) in [4.78, 5) is 17.2. The lowest BCUT2D eigenvalue weighted by Crippen LogP contribution is -2.15. The summed E-state index contributed by atoms with van der Waals surface area (Å²) in [5.74, 6) is -0.665. The van der Waals surface area contributed by atoms with Crippen molar-refractivity contribution >= 4 is 17.2 Å². The van der Waals surface area contributed by atoms with E-state index in [4.69, 9.17) is 0 Å². The fourth-order valence-electron chi connectivity index (χ4n) is 4.01. The second kappa shape index (κ2) is 9.20. The molecule has 37 heavy (non-hydrogen) atoms. The Bertz CT molecular complexity index is 1630. The number of aromatic nitrogens is 5. The molecule has 3 aromatic heterocycles. The number of carbonyl (C=O) groups excluding carboxylic acids is 1. The topological polar surface area (TPSA) is 77.1 Å². The van der Waals surface area contributed by atoms with Gasteiger partial charge in [-0.1, -0.05) is 36.4 Å². The SMILES string of the molecule is Cc1ccc(-c2cc(C(F)(F)F)n3nc(C(=O)Nc4cnn(Cc5ccccc5C)c4)cc3n2)cc1C. The van der Waals surface area contributed by atoms with Gasteiger partial charge in [-0.25, -0.2) is 9.50 Å². The van der Waals surface area contributed by atoms with Crippen LogP contribution in [0.1, 0.15) is 38.4 Å². The average molecular weight is 505 g/mol. The summed E-state index contributed by atoms with van der Waals surface area (Å²) in [5.41, 5.74) is 3.94. The van der Waals surface area contributed by atoms with E-state index in [0.717, 1.165) is 28.3 Å². The molecule has 0 saturated heterocycles. The summed E-state index contributed by atoms with van der Waals surface area (Å²) in [6.07, 6.45) is -1.58. The van der Waals surface area contributed by atoms with Gasteiger partial charge in [0.1, 0.15) is 0 Å². The van der Waals surface area contributed by atoms with Gasteiger partial charge in [-0.2, -0.15) is 23.4 Å². The van der Waals surface area contributed by atoms with Crippen molar-refractivity contribution in [3.63, 3.8) is 0 Å². The van der Waals surface area contributed by atoms with E-state index in [9.17, 15) is 18.0 Å². The van der Waals surface area contributed by atoms with Crippen LogP contribution in [0.2, 0.25) is 0 Å². The fourth-order valence-corrected chi connectivity index (χ4v) is 4.01. The van der Waals surface area contributed by atoms with Gasteiger partial charge < -0.3 is 5.32 Å². The fraction of sp³-hybridized carbons (Fsp3) is 0.185. The molecule has 0 radical (unpaired) electrons. The van der Waals surface area contributed by atoms with E-state index in [1.807, 2.05) is 51.1 Å². The van der Waals surface area contributed by atoms with E-state index in [0.29, 0.717) is 22.3 Å². The highest BCUT2D eigenvalue weighted by Crippen LogP contribution is 2.33. The number of nitrogens with one attached hydrogen (secondary N) is 1. The van der Waals surface area contributed by atoms with Gasteiger partial charge in [0.15, 0.2) is 17.0 Å². The molecule has 2 aromatic carbocycles. The van der Waals surface area contributed by atoms with E-state index < -0.39 is 17.8 Å². The highest BCUT2D eigenvalue weighted by Gasteiger charge is 2.35. The van der Waals surface area contributed by atoms with Gasteiger partial charge in [0, 0.05) is 17.8 Å². The van der Waals surface area contributed by atoms with Crippen molar-refractivity contribution in [2.75, 3.05) is 5.32 Å². The van der Waals surface area contributed by atoms with Crippen LogP contribution in [-0.2, 0) is 12.7 Å². The smallest absolute Gasteiger partial charge is 0.318 e. The molecule has 1 N–H and O–H groups in total. The Labute approximate surface area is 210 Å². The molecule has 7 nitrogen and oxygen atoms in total. The Balaban J connectivity index is 1.44. The Morgan fingerprint density at radius 2 is 1.76 bits per heavy atom. The molecule has 188 valence electrons. The highest BCUT2D eigenvalue weighted by molar-refractivity contribution is 6.03. The monoisotopic (exact) mass is 504 g/mol. The Morgan fingerprint density at radius 1 is 0.973 bits per heavy atom. The van der Waals surface area contributed by atoms with E-state index in [-0.39, 0.29) is 17.0 Å². The number of halogens is 3. The predicted octanol–water partition coefficient (Wildman–Crippen LogP) is 5.84. The zero-order chi connectivity index (χ0) is 26.3. The second-order valence-electron chi connectivity index (χ2n) is 8.93. The van der Waals surface area contributed by atoms with Crippen LogP contribution in [-0.4, -0.2) is 30.3 Å². The zero-order valence-corrected chi connectivity index (χ0v) is 20.3. The quantitative estimate of drug-likeness (QED) is 0.326. The van der Waals surface area contributed by atoms with E-state index >= 15 is 0 Å². The Hall–Kier alpha value is -4.47. The lowest BCUT2D eigenvalue weighted by molar-refractivity contribution is -0.142. The summed E-state index contributed by atoms with van der Waals surface area (Å²) < 4.78 is 44.1. The lowest BCUT2D eigenvalue weighted by Gasteiger charge is -2.11. The van der Waals surface area contributed by atoms with Crippen molar-refractivity contribution in [3.05, 3.63) is 101 Å². The first-order chi connectivity index (χ1) is 17.6. The lowest BCUT2D eigenvalue weighted by atomic mass is 10.0. The van der Waals surface area contributed by atoms with Crippen molar-refractivity contribution < 1.29 is 18.0 Å². The summed E-state index contributed by atoms with van der Waals surface area (Å²) in [5, 5.41) is 10.8. The van der Waals surface area contributed by atoms with E-state index in [1.165, 1.54) is 12.3 Å². The molecule has 10 heteroatoms. The van der Waals surface area contributed by atoms with Crippen LogP contribution in [0.4, 0.5) is 18.9 Å². The Kier molecular flexibility index (Phi) is 6.02. The van der Waals surface area contributed by atoms with Gasteiger partial charge in [-0.05, 0) is 55.2 Å². The van der Waals surface area contributed by atoms with Crippen LogP contribution >= 0.6 is 0 Å². The minimum Gasteiger partial charge on any atom is -0.318 e. The molecule has 0 bridgehead atoms. The van der Waals surface area contributed by atoms with E-state index in [2.05, 4.69) is 20.5 Å². The van der Waals surface area contributed by atoms with Crippen LogP contribution in [0.25, 0.3) is 16.9 Å². The van der Waals surface area contributed by atoms with E-state index in [1.54, 1.807) is 23.0 Å². The van der Waals surface area contributed by atoms with Crippen molar-refractivity contribution in [2.24, 2.45) is 0 Å². The third kappa shape index (κ3) is 4.95. The zero-order valence-electron chi connectivity index (χ0n) is 20.3. The van der Waals surface area contributed by atoms with Crippen LogP contribution in [0, 0.1) is 20.8 Å². The molecule has 0 atom stereocenters. The number of hydrogen-bond donors (Lipinski definition) is 1. The largest absolute Gasteiger partial charge is 0.433 e. The first-order valence-electron chi connectivity index (χ1n) is 11.5. The molecular formula is C27H23F3N6O. The number of nitrogens with zero attached hydrogens (tertiary/aromatic N) is 5. The molecule has 0 aliphatic heterocycles. The first kappa shape index (κ1) is 24.2. The van der Waals surface area contributed by atoms with Gasteiger partial charge in [-0.15, -0.1) is 0 Å². The molecule has 0 spiro atoms. The number of fused-ring (bicyclic) bond motifs is 1. The molecule has 0 saturated carbocycles. The number of alkyl halides is 3. The summed E-state index contributed by atoms with van der Waals surface area (Å²) in [6.45, 7) is 6.31. The van der Waals surface area contributed by atoms with Gasteiger partial charge in [0.25, 0.3) is 5.91 Å². The molecule has 5 rings (SSSR count). The predicted molar refractivity (Wildman–Crippen MR) is 133 cm³/mol. The number of amides is 1. The molecular weight excluding hydrogens is 481 g/mol. The number of anilines is 1. The maximum Gasteiger partial charge on any atom is 0.433 e. The first-order valence-corrected chi connectivity index (χ1v) is 11.5.